The van der Waals surface area contributed by atoms with E-state index in [9.17, 15) is 9.59 Å². The van der Waals surface area contributed by atoms with Gasteiger partial charge in [-0.1, -0.05) is 12.1 Å². The standard InChI is InChI=1S/C15H15N5O3/c1-10-13(17-9-16-10)8-18-19-15(22)12-4-2-3-11(7-12)5-6-14(21)20-23/h2-9,23H,1H3,(H,16,17)(H,19,22)(H,20,21)/b6-5+,18-8+. The van der Waals surface area contributed by atoms with Crippen LogP contribution in [0.2, 0.25) is 0 Å². The van der Waals surface area contributed by atoms with Crippen molar-refractivity contribution in [3.8, 4) is 0 Å². The maximum Gasteiger partial charge on any atom is 0.271 e. The number of H-pyrrole nitrogens is 1. The molecule has 0 spiro atoms. The Morgan fingerprint density at radius 2 is 2.22 bits per heavy atom. The molecule has 0 radical (unpaired) electrons. The highest BCUT2D eigenvalue weighted by Crippen LogP contribution is 2.07. The van der Waals surface area contributed by atoms with Crippen LogP contribution in [-0.4, -0.2) is 33.2 Å². The molecule has 0 saturated carbocycles. The van der Waals surface area contributed by atoms with E-state index in [0.29, 0.717) is 16.8 Å². The van der Waals surface area contributed by atoms with Crippen LogP contribution in [0.15, 0.2) is 41.8 Å². The van der Waals surface area contributed by atoms with Crippen LogP contribution in [-0.2, 0) is 4.79 Å². The number of hydrogen-bond donors (Lipinski definition) is 4. The van der Waals surface area contributed by atoms with E-state index in [-0.39, 0.29) is 5.91 Å². The largest absolute Gasteiger partial charge is 0.344 e. The highest BCUT2D eigenvalue weighted by Gasteiger charge is 2.04. The first kappa shape index (κ1) is 16.1. The van der Waals surface area contributed by atoms with E-state index in [0.717, 1.165) is 11.8 Å². The SMILES string of the molecule is Cc1nc[nH]c1/C=N/NC(=O)c1cccc(/C=C/C(=O)NO)c1. The number of nitrogens with zero attached hydrogens (tertiary/aromatic N) is 2. The zero-order valence-corrected chi connectivity index (χ0v) is 12.3. The molecule has 1 heterocycles. The summed E-state index contributed by atoms with van der Waals surface area (Å²) in [5, 5.41) is 12.3. The van der Waals surface area contributed by atoms with Crippen molar-refractivity contribution in [1.29, 1.82) is 0 Å². The fraction of sp³-hybridized carbons (Fsp3) is 0.0667. The molecule has 1 aromatic heterocycles. The second-order valence-corrected chi connectivity index (χ2v) is 4.54. The highest BCUT2D eigenvalue weighted by atomic mass is 16.5. The van der Waals surface area contributed by atoms with Crippen LogP contribution in [0.4, 0.5) is 0 Å². The van der Waals surface area contributed by atoms with Crippen molar-refractivity contribution >= 4 is 24.1 Å². The maximum atomic E-state index is 12.0. The molecule has 0 saturated heterocycles. The third-order valence-corrected chi connectivity index (χ3v) is 2.91. The topological polar surface area (TPSA) is 119 Å². The second-order valence-electron chi connectivity index (χ2n) is 4.54. The van der Waals surface area contributed by atoms with E-state index >= 15 is 0 Å². The number of aromatic amines is 1. The first-order valence-electron chi connectivity index (χ1n) is 6.65. The lowest BCUT2D eigenvalue weighted by Crippen LogP contribution is -2.17. The number of hydrogen-bond acceptors (Lipinski definition) is 5. The zero-order chi connectivity index (χ0) is 16.7. The number of imidazole rings is 1. The summed E-state index contributed by atoms with van der Waals surface area (Å²) in [4.78, 5) is 29.8. The summed E-state index contributed by atoms with van der Waals surface area (Å²) in [7, 11) is 0. The van der Waals surface area contributed by atoms with Gasteiger partial charge in [0.15, 0.2) is 0 Å². The van der Waals surface area contributed by atoms with Crippen molar-refractivity contribution in [1.82, 2.24) is 20.9 Å². The van der Waals surface area contributed by atoms with E-state index in [4.69, 9.17) is 5.21 Å². The Bertz CT molecular complexity index is 764. The van der Waals surface area contributed by atoms with Crippen LogP contribution in [0.3, 0.4) is 0 Å². The second kappa shape index (κ2) is 7.66. The Balaban J connectivity index is 2.02. The van der Waals surface area contributed by atoms with Crippen molar-refractivity contribution in [2.45, 2.75) is 6.92 Å². The van der Waals surface area contributed by atoms with Gasteiger partial charge in [-0.25, -0.2) is 15.9 Å². The number of carbonyl (C=O) groups excluding carboxylic acids is 2. The summed E-state index contributed by atoms with van der Waals surface area (Å²) in [6.45, 7) is 1.82. The minimum Gasteiger partial charge on any atom is -0.344 e. The summed E-state index contributed by atoms with van der Waals surface area (Å²) in [5.41, 5.74) is 6.39. The van der Waals surface area contributed by atoms with Gasteiger partial charge in [-0.05, 0) is 30.7 Å². The monoisotopic (exact) mass is 313 g/mol. The van der Waals surface area contributed by atoms with E-state index in [1.165, 1.54) is 24.1 Å². The number of carbonyl (C=O) groups is 2. The lowest BCUT2D eigenvalue weighted by molar-refractivity contribution is -0.124. The molecule has 0 fully saturated rings. The summed E-state index contributed by atoms with van der Waals surface area (Å²) >= 11 is 0. The van der Waals surface area contributed by atoms with Gasteiger partial charge in [-0.15, -0.1) is 0 Å². The Hall–Kier alpha value is -3.26. The molecule has 23 heavy (non-hydrogen) atoms. The molecule has 2 rings (SSSR count). The quantitative estimate of drug-likeness (QED) is 0.285. The number of rotatable bonds is 5. The molecule has 0 bridgehead atoms. The smallest absolute Gasteiger partial charge is 0.271 e. The van der Waals surface area contributed by atoms with E-state index < -0.39 is 5.91 Å². The normalized spacial score (nSPS) is 11.0. The van der Waals surface area contributed by atoms with Gasteiger partial charge in [0.1, 0.15) is 0 Å². The summed E-state index contributed by atoms with van der Waals surface area (Å²) in [5.74, 6) is -1.04. The number of amides is 2. The van der Waals surface area contributed by atoms with E-state index in [1.54, 1.807) is 24.3 Å². The van der Waals surface area contributed by atoms with Gasteiger partial charge in [0.2, 0.25) is 0 Å². The highest BCUT2D eigenvalue weighted by molar-refractivity contribution is 5.96. The third-order valence-electron chi connectivity index (χ3n) is 2.91. The van der Waals surface area contributed by atoms with Crippen LogP contribution < -0.4 is 10.9 Å². The molecule has 4 N–H and O–H groups in total. The van der Waals surface area contributed by atoms with Gasteiger partial charge < -0.3 is 4.98 Å². The van der Waals surface area contributed by atoms with Crippen molar-refractivity contribution in [3.05, 3.63) is 59.2 Å². The first-order chi connectivity index (χ1) is 11.1. The molecule has 1 aromatic carbocycles. The molecule has 8 nitrogen and oxygen atoms in total. The number of hydroxylamine groups is 1. The number of nitrogens with one attached hydrogen (secondary N) is 3. The van der Waals surface area contributed by atoms with Crippen molar-refractivity contribution in [2.75, 3.05) is 0 Å². The molecule has 0 atom stereocenters. The Morgan fingerprint density at radius 3 is 2.91 bits per heavy atom. The predicted octanol–water partition coefficient (Wildman–Crippen LogP) is 1.00. The molecule has 8 heteroatoms. The lowest BCUT2D eigenvalue weighted by atomic mass is 10.1. The van der Waals surface area contributed by atoms with Crippen LogP contribution >= 0.6 is 0 Å². The molecule has 0 aliphatic heterocycles. The van der Waals surface area contributed by atoms with Gasteiger partial charge in [0.05, 0.1) is 23.9 Å². The summed E-state index contributed by atoms with van der Waals surface area (Å²) < 4.78 is 0. The molecule has 118 valence electrons. The molecular formula is C15H15N5O3. The minimum atomic E-state index is -0.653. The minimum absolute atomic E-state index is 0.384. The summed E-state index contributed by atoms with van der Waals surface area (Å²) in [6.07, 6.45) is 5.63. The van der Waals surface area contributed by atoms with Crippen molar-refractivity contribution in [2.24, 2.45) is 5.10 Å². The Morgan fingerprint density at radius 1 is 1.39 bits per heavy atom. The fourth-order valence-electron chi connectivity index (χ4n) is 1.72. The predicted molar refractivity (Wildman–Crippen MR) is 83.8 cm³/mol. The lowest BCUT2D eigenvalue weighted by Gasteiger charge is -2.01. The van der Waals surface area contributed by atoms with Crippen LogP contribution in [0.1, 0.15) is 27.3 Å². The average molecular weight is 313 g/mol. The van der Waals surface area contributed by atoms with Gasteiger partial charge >= 0.3 is 0 Å². The van der Waals surface area contributed by atoms with Gasteiger partial charge in [0.25, 0.3) is 11.8 Å². The number of aryl methyl sites for hydroxylation is 1. The molecule has 2 aromatic rings. The van der Waals surface area contributed by atoms with Gasteiger partial charge in [0, 0.05) is 11.6 Å². The Labute approximate surface area is 131 Å². The van der Waals surface area contributed by atoms with Gasteiger partial charge in [-0.3, -0.25) is 14.8 Å². The maximum absolute atomic E-state index is 12.0. The molecule has 0 aliphatic carbocycles. The molecule has 0 aliphatic rings. The number of hydrazone groups is 1. The van der Waals surface area contributed by atoms with E-state index in [2.05, 4.69) is 20.5 Å². The third kappa shape index (κ3) is 4.61. The number of benzene rings is 1. The molecular weight excluding hydrogens is 298 g/mol. The van der Waals surface area contributed by atoms with E-state index in [1.807, 2.05) is 6.92 Å². The van der Waals surface area contributed by atoms with Crippen LogP contribution in [0, 0.1) is 6.92 Å². The van der Waals surface area contributed by atoms with Crippen molar-refractivity contribution < 1.29 is 14.8 Å². The first-order valence-corrected chi connectivity index (χ1v) is 6.65. The van der Waals surface area contributed by atoms with Crippen LogP contribution in [0.5, 0.6) is 0 Å². The zero-order valence-electron chi connectivity index (χ0n) is 12.3. The number of aromatic nitrogens is 2. The van der Waals surface area contributed by atoms with Gasteiger partial charge in [-0.2, -0.15) is 5.10 Å². The van der Waals surface area contributed by atoms with Crippen LogP contribution in [0.25, 0.3) is 6.08 Å². The summed E-state index contributed by atoms with van der Waals surface area (Å²) in [6, 6.07) is 6.60. The fourth-order valence-corrected chi connectivity index (χ4v) is 1.72. The average Bonchev–Trinajstić information content (AvgIpc) is 2.98. The molecule has 2 amide bonds. The molecule has 0 unspecified atom stereocenters. The van der Waals surface area contributed by atoms with Crippen molar-refractivity contribution in [3.63, 3.8) is 0 Å². The Kier molecular flexibility index (Phi) is 5.37.